The Balaban J connectivity index is 1.67. The van der Waals surface area contributed by atoms with Gasteiger partial charge in [-0.05, 0) is 63.6 Å². The fourth-order valence-corrected chi connectivity index (χ4v) is 3.96. The first-order valence-corrected chi connectivity index (χ1v) is 11.1. The van der Waals surface area contributed by atoms with Crippen molar-refractivity contribution in [3.05, 3.63) is 59.9 Å². The number of hydrogen-bond donors (Lipinski definition) is 1. The number of aryl methyl sites for hydroxylation is 1. The van der Waals surface area contributed by atoms with Crippen molar-refractivity contribution in [3.63, 3.8) is 0 Å². The van der Waals surface area contributed by atoms with E-state index in [0.29, 0.717) is 11.0 Å². The summed E-state index contributed by atoms with van der Waals surface area (Å²) in [6.45, 7) is 8.02. The van der Waals surface area contributed by atoms with E-state index in [1.165, 1.54) is 11.8 Å². The van der Waals surface area contributed by atoms with E-state index in [-0.39, 0.29) is 23.8 Å². The summed E-state index contributed by atoms with van der Waals surface area (Å²) < 4.78 is 13.3. The molecule has 1 unspecified atom stereocenters. The van der Waals surface area contributed by atoms with Crippen LogP contribution in [0.15, 0.2) is 53.7 Å². The first-order chi connectivity index (χ1) is 14.9. The molecule has 1 N–H and O–H groups in total. The quantitative estimate of drug-likeness (QED) is 0.469. The van der Waals surface area contributed by atoms with Gasteiger partial charge in [0.15, 0.2) is 17.1 Å². The average molecular weight is 441 g/mol. The van der Waals surface area contributed by atoms with Gasteiger partial charge in [-0.1, -0.05) is 30.0 Å². The molecular weight excluding hydrogens is 412 g/mol. The number of amides is 1. The number of nitrogens with one attached hydrogen (secondary N) is 1. The van der Waals surface area contributed by atoms with E-state index in [1.54, 1.807) is 7.11 Å². The molecule has 1 aromatic heterocycles. The predicted molar refractivity (Wildman–Crippen MR) is 123 cm³/mol. The highest BCUT2D eigenvalue weighted by Gasteiger charge is 2.22. The van der Waals surface area contributed by atoms with Gasteiger partial charge in [-0.3, -0.25) is 4.79 Å². The number of rotatable bonds is 9. The number of thioether (sulfide) groups is 1. The van der Waals surface area contributed by atoms with Crippen LogP contribution in [-0.2, 0) is 4.79 Å². The van der Waals surface area contributed by atoms with Crippen molar-refractivity contribution < 1.29 is 14.3 Å². The molecule has 164 valence electrons. The number of aromatic nitrogens is 3. The summed E-state index contributed by atoms with van der Waals surface area (Å²) in [7, 11) is 1.63. The fraction of sp³-hybridized carbons (Fsp3) is 0.348. The molecule has 0 aliphatic carbocycles. The number of para-hydroxylation sites is 1. The molecule has 0 aliphatic heterocycles. The minimum Gasteiger partial charge on any atom is -0.497 e. The Morgan fingerprint density at radius 3 is 2.39 bits per heavy atom. The summed E-state index contributed by atoms with van der Waals surface area (Å²) in [6, 6.07) is 15.2. The summed E-state index contributed by atoms with van der Waals surface area (Å²) in [4.78, 5) is 12.4. The number of benzene rings is 2. The molecule has 1 amide bonds. The Morgan fingerprint density at radius 1 is 1.06 bits per heavy atom. The third kappa shape index (κ3) is 5.79. The van der Waals surface area contributed by atoms with Gasteiger partial charge in [0.05, 0.1) is 12.9 Å². The van der Waals surface area contributed by atoms with Gasteiger partial charge in [-0.25, -0.2) is 0 Å². The third-order valence-electron chi connectivity index (χ3n) is 4.69. The Morgan fingerprint density at radius 2 is 1.74 bits per heavy atom. The highest BCUT2D eigenvalue weighted by molar-refractivity contribution is 7.99. The summed E-state index contributed by atoms with van der Waals surface area (Å²) >= 11 is 1.36. The highest BCUT2D eigenvalue weighted by atomic mass is 32.2. The van der Waals surface area contributed by atoms with Crippen LogP contribution in [0.25, 0.3) is 0 Å². The van der Waals surface area contributed by atoms with Crippen LogP contribution in [0, 0.1) is 6.92 Å². The van der Waals surface area contributed by atoms with E-state index >= 15 is 0 Å². The van der Waals surface area contributed by atoms with Crippen molar-refractivity contribution in [1.82, 2.24) is 14.8 Å². The second-order valence-electron chi connectivity index (χ2n) is 7.39. The van der Waals surface area contributed by atoms with E-state index in [0.717, 1.165) is 22.7 Å². The number of anilines is 1. The lowest BCUT2D eigenvalue weighted by atomic mass is 10.2. The summed E-state index contributed by atoms with van der Waals surface area (Å²) in [5.41, 5.74) is 1.85. The largest absolute Gasteiger partial charge is 0.497 e. The number of carbonyl (C=O) groups is 1. The van der Waals surface area contributed by atoms with Crippen molar-refractivity contribution in [1.29, 1.82) is 0 Å². The summed E-state index contributed by atoms with van der Waals surface area (Å²) in [6.07, 6.45) is -0.307. The molecule has 0 bridgehead atoms. The van der Waals surface area contributed by atoms with E-state index in [1.807, 2.05) is 66.9 Å². The second kappa shape index (κ2) is 10.3. The lowest BCUT2D eigenvalue weighted by Crippen LogP contribution is -2.17. The van der Waals surface area contributed by atoms with Gasteiger partial charge in [0.25, 0.3) is 0 Å². The fourth-order valence-electron chi connectivity index (χ4n) is 3.09. The molecule has 0 aliphatic rings. The smallest absolute Gasteiger partial charge is 0.234 e. The number of ether oxygens (including phenoxy) is 2. The van der Waals surface area contributed by atoms with Crippen molar-refractivity contribution >= 4 is 23.4 Å². The molecule has 3 rings (SSSR count). The zero-order valence-electron chi connectivity index (χ0n) is 18.5. The maximum atomic E-state index is 12.4. The normalized spacial score (nSPS) is 11.9. The Hall–Kier alpha value is -3.00. The number of hydrogen-bond acceptors (Lipinski definition) is 6. The lowest BCUT2D eigenvalue weighted by molar-refractivity contribution is -0.113. The van der Waals surface area contributed by atoms with Crippen molar-refractivity contribution in [3.8, 4) is 11.5 Å². The molecule has 8 heteroatoms. The van der Waals surface area contributed by atoms with Crippen LogP contribution in [0.1, 0.15) is 44.3 Å². The number of carbonyl (C=O) groups excluding carboxylic acids is 1. The van der Waals surface area contributed by atoms with E-state index in [9.17, 15) is 4.79 Å². The molecule has 31 heavy (non-hydrogen) atoms. The summed E-state index contributed by atoms with van der Waals surface area (Å²) in [5, 5.41) is 12.3. The highest BCUT2D eigenvalue weighted by Crippen LogP contribution is 2.28. The van der Waals surface area contributed by atoms with Gasteiger partial charge >= 0.3 is 0 Å². The second-order valence-corrected chi connectivity index (χ2v) is 8.33. The molecule has 0 spiro atoms. The van der Waals surface area contributed by atoms with Crippen molar-refractivity contribution in [2.75, 3.05) is 18.2 Å². The third-order valence-corrected chi connectivity index (χ3v) is 5.64. The predicted octanol–water partition coefficient (Wildman–Crippen LogP) is 5.05. The Kier molecular flexibility index (Phi) is 7.57. The minimum atomic E-state index is -0.307. The zero-order valence-corrected chi connectivity index (χ0v) is 19.3. The van der Waals surface area contributed by atoms with Gasteiger partial charge in [-0.15, -0.1) is 10.2 Å². The van der Waals surface area contributed by atoms with Crippen LogP contribution in [0.2, 0.25) is 0 Å². The molecule has 1 atom stereocenters. The van der Waals surface area contributed by atoms with E-state index in [2.05, 4.69) is 29.4 Å². The first-order valence-electron chi connectivity index (χ1n) is 10.1. The monoisotopic (exact) mass is 440 g/mol. The maximum absolute atomic E-state index is 12.4. The van der Waals surface area contributed by atoms with E-state index < -0.39 is 0 Å². The van der Waals surface area contributed by atoms with Crippen molar-refractivity contribution in [2.24, 2.45) is 0 Å². The van der Waals surface area contributed by atoms with E-state index in [4.69, 9.17) is 9.47 Å². The van der Waals surface area contributed by atoms with Gasteiger partial charge < -0.3 is 19.4 Å². The van der Waals surface area contributed by atoms with Crippen LogP contribution in [0.3, 0.4) is 0 Å². The van der Waals surface area contributed by atoms with Crippen LogP contribution in [0.4, 0.5) is 5.69 Å². The molecule has 7 nitrogen and oxygen atoms in total. The Labute approximate surface area is 187 Å². The molecule has 0 radical (unpaired) electrons. The van der Waals surface area contributed by atoms with Crippen LogP contribution >= 0.6 is 11.8 Å². The molecule has 1 heterocycles. The molecule has 0 fully saturated rings. The first kappa shape index (κ1) is 22.7. The van der Waals surface area contributed by atoms with Gasteiger partial charge in [0, 0.05) is 11.7 Å². The maximum Gasteiger partial charge on any atom is 0.234 e. The lowest BCUT2D eigenvalue weighted by Gasteiger charge is -2.19. The van der Waals surface area contributed by atoms with Crippen LogP contribution in [-0.4, -0.2) is 33.5 Å². The molecule has 2 aromatic carbocycles. The van der Waals surface area contributed by atoms with Crippen LogP contribution in [0.5, 0.6) is 11.5 Å². The van der Waals surface area contributed by atoms with Crippen LogP contribution < -0.4 is 14.8 Å². The number of nitrogens with zero attached hydrogens (tertiary/aromatic N) is 3. The molecule has 0 saturated carbocycles. The molecule has 0 saturated heterocycles. The SMILES string of the molecule is COc1ccc(OC(C)c2nnc(SCC(=O)Nc3ccccc3C)n2C(C)C)cc1. The molecular formula is C23H28N4O3S. The average Bonchev–Trinajstić information content (AvgIpc) is 3.19. The standard InChI is InChI=1S/C23H28N4O3S/c1-15(2)27-22(17(4)30-19-12-10-18(29-5)11-13-19)25-26-23(27)31-14-21(28)24-20-9-7-6-8-16(20)3/h6-13,15,17H,14H2,1-5H3,(H,24,28). The van der Waals surface area contributed by atoms with Gasteiger partial charge in [-0.2, -0.15) is 0 Å². The zero-order chi connectivity index (χ0) is 22.4. The van der Waals surface area contributed by atoms with Gasteiger partial charge in [0.2, 0.25) is 5.91 Å². The topological polar surface area (TPSA) is 78.3 Å². The summed E-state index contributed by atoms with van der Waals surface area (Å²) in [5.74, 6) is 2.37. The molecule has 3 aromatic rings. The van der Waals surface area contributed by atoms with Gasteiger partial charge in [0.1, 0.15) is 11.5 Å². The van der Waals surface area contributed by atoms with Crippen molar-refractivity contribution in [2.45, 2.75) is 45.0 Å². The minimum absolute atomic E-state index is 0.0818. The number of methoxy groups -OCH3 is 1. The Bertz CT molecular complexity index is 1020.